The van der Waals surface area contributed by atoms with E-state index in [9.17, 15) is 19.7 Å². The highest BCUT2D eigenvalue weighted by Gasteiger charge is 2.33. The SMILES string of the molecule is CC1=NN(c2cccc([N+](=O)[O-])c2)C(=O)C1=c1sc(=C2Sc3ccccc3N2C)c(=O)n1-c1ccccc1. The molecule has 1 aromatic heterocycles. The smallest absolute Gasteiger partial charge is 0.283 e. The van der Waals surface area contributed by atoms with Crippen LogP contribution in [-0.4, -0.2) is 28.2 Å². The molecule has 38 heavy (non-hydrogen) atoms. The summed E-state index contributed by atoms with van der Waals surface area (Å²) in [5.74, 6) is -0.457. The molecule has 0 saturated heterocycles. The number of nitro groups is 1. The van der Waals surface area contributed by atoms with Crippen LogP contribution in [0.5, 0.6) is 0 Å². The number of hydrazone groups is 1. The molecule has 9 nitrogen and oxygen atoms in total. The Morgan fingerprint density at radius 2 is 1.63 bits per heavy atom. The minimum absolute atomic E-state index is 0.145. The van der Waals surface area contributed by atoms with Crippen LogP contribution in [0.15, 0.2) is 93.7 Å². The third-order valence-corrected chi connectivity index (χ3v) is 8.78. The van der Waals surface area contributed by atoms with Crippen molar-refractivity contribution in [3.8, 4) is 5.69 Å². The second-order valence-electron chi connectivity index (χ2n) is 8.60. The number of aromatic nitrogens is 1. The van der Waals surface area contributed by atoms with Crippen molar-refractivity contribution in [2.24, 2.45) is 5.10 Å². The predicted molar refractivity (Wildman–Crippen MR) is 150 cm³/mol. The maximum atomic E-state index is 14.0. The van der Waals surface area contributed by atoms with Gasteiger partial charge in [-0.3, -0.25) is 24.3 Å². The zero-order valence-corrected chi connectivity index (χ0v) is 21.8. The first-order valence-corrected chi connectivity index (χ1v) is 13.2. The van der Waals surface area contributed by atoms with E-state index >= 15 is 0 Å². The van der Waals surface area contributed by atoms with Crippen molar-refractivity contribution < 1.29 is 9.72 Å². The van der Waals surface area contributed by atoms with Gasteiger partial charge in [0, 0.05) is 24.1 Å². The van der Waals surface area contributed by atoms with Crippen LogP contribution in [0, 0.1) is 10.1 Å². The van der Waals surface area contributed by atoms with Crippen molar-refractivity contribution in [3.05, 3.63) is 109 Å². The lowest BCUT2D eigenvalue weighted by Crippen LogP contribution is -2.34. The fraction of sp³-hybridized carbons (Fsp3) is 0.0741. The average molecular weight is 542 g/mol. The fourth-order valence-corrected chi connectivity index (χ4v) is 7.00. The third kappa shape index (κ3) is 3.75. The third-order valence-electron chi connectivity index (χ3n) is 6.26. The Morgan fingerprint density at radius 1 is 0.921 bits per heavy atom. The van der Waals surface area contributed by atoms with Gasteiger partial charge in [0.15, 0.2) is 0 Å². The molecule has 1 amide bonds. The lowest BCUT2D eigenvalue weighted by molar-refractivity contribution is -0.384. The summed E-state index contributed by atoms with van der Waals surface area (Å²) in [7, 11) is 1.92. The van der Waals surface area contributed by atoms with Crippen molar-refractivity contribution in [1.82, 2.24) is 4.57 Å². The highest BCUT2D eigenvalue weighted by atomic mass is 32.2. The Hall–Kier alpha value is -4.48. The highest BCUT2D eigenvalue weighted by Crippen LogP contribution is 2.45. The molecule has 0 saturated carbocycles. The predicted octanol–water partition coefficient (Wildman–Crippen LogP) is 3.69. The number of nitro benzene ring substituents is 1. The molecule has 11 heteroatoms. The summed E-state index contributed by atoms with van der Waals surface area (Å²) in [4.78, 5) is 41.5. The minimum atomic E-state index is -0.519. The number of carbonyl (C=O) groups is 1. The van der Waals surface area contributed by atoms with Gasteiger partial charge in [-0.25, -0.2) is 0 Å². The summed E-state index contributed by atoms with van der Waals surface area (Å²) in [5, 5.41) is 17.7. The summed E-state index contributed by atoms with van der Waals surface area (Å²) in [5.41, 5.74) is 2.22. The Labute approximate surface area is 224 Å². The van der Waals surface area contributed by atoms with Crippen molar-refractivity contribution in [3.63, 3.8) is 0 Å². The summed E-state index contributed by atoms with van der Waals surface area (Å²) in [6, 6.07) is 22.8. The standard InChI is InChI=1S/C27H19N5O4S2/c1-16-22(24(33)31(28-16)18-11-8-12-19(15-18)32(35)36)26-30(17-9-4-3-5-10-17)25(34)23(38-26)27-29(2)20-13-6-7-14-21(20)37-27/h3-15H,1-2H3. The fourth-order valence-electron chi connectivity index (χ4n) is 4.46. The zero-order valence-electron chi connectivity index (χ0n) is 20.2. The van der Waals surface area contributed by atoms with Crippen molar-refractivity contribution in [2.45, 2.75) is 11.8 Å². The van der Waals surface area contributed by atoms with Crippen LogP contribution >= 0.6 is 23.1 Å². The van der Waals surface area contributed by atoms with Crippen molar-refractivity contribution in [1.29, 1.82) is 0 Å². The van der Waals surface area contributed by atoms with Crippen molar-refractivity contribution in [2.75, 3.05) is 17.0 Å². The second kappa shape index (κ2) is 9.12. The molecule has 6 rings (SSSR count). The number of amides is 1. The Bertz CT molecular complexity index is 1860. The number of thiazole rings is 1. The van der Waals surface area contributed by atoms with E-state index in [1.807, 2.05) is 66.5 Å². The number of para-hydroxylation sites is 2. The molecule has 3 heterocycles. The zero-order chi connectivity index (χ0) is 26.6. The molecular weight excluding hydrogens is 522 g/mol. The van der Waals surface area contributed by atoms with E-state index in [1.165, 1.54) is 41.3 Å². The van der Waals surface area contributed by atoms with Crippen molar-refractivity contribution >= 4 is 62.4 Å². The number of fused-ring (bicyclic) bond motifs is 1. The molecule has 4 aromatic rings. The molecule has 0 aliphatic carbocycles. The van der Waals surface area contributed by atoms with Crippen LogP contribution < -0.4 is 24.7 Å². The maximum absolute atomic E-state index is 14.0. The molecule has 188 valence electrons. The number of hydrogen-bond donors (Lipinski definition) is 0. The first kappa shape index (κ1) is 23.9. The van der Waals surface area contributed by atoms with Gasteiger partial charge in [0.25, 0.3) is 17.2 Å². The van der Waals surface area contributed by atoms with Gasteiger partial charge in [0.2, 0.25) is 0 Å². The number of carbonyl (C=O) groups excluding carboxylic acids is 1. The maximum Gasteiger partial charge on any atom is 0.283 e. The lowest BCUT2D eigenvalue weighted by atomic mass is 10.2. The van der Waals surface area contributed by atoms with E-state index < -0.39 is 10.8 Å². The van der Waals surface area contributed by atoms with E-state index in [4.69, 9.17) is 0 Å². The summed E-state index contributed by atoms with van der Waals surface area (Å²) in [6.45, 7) is 1.70. The van der Waals surface area contributed by atoms with Crippen LogP contribution in [0.3, 0.4) is 0 Å². The summed E-state index contributed by atoms with van der Waals surface area (Å²) in [6.07, 6.45) is 0. The van der Waals surface area contributed by atoms with Gasteiger partial charge < -0.3 is 4.90 Å². The molecule has 0 atom stereocenters. The van der Waals surface area contributed by atoms with E-state index in [1.54, 1.807) is 17.6 Å². The quantitative estimate of drug-likeness (QED) is 0.290. The van der Waals surface area contributed by atoms with Gasteiger partial charge in [-0.15, -0.1) is 11.3 Å². The molecule has 3 aromatic carbocycles. The molecule has 0 spiro atoms. The molecule has 0 radical (unpaired) electrons. The number of benzene rings is 3. The van der Waals surface area contributed by atoms with Gasteiger partial charge in [-0.1, -0.05) is 48.2 Å². The normalized spacial score (nSPS) is 17.6. The number of rotatable bonds is 3. The van der Waals surface area contributed by atoms with Gasteiger partial charge in [0.1, 0.15) is 14.2 Å². The molecule has 0 unspecified atom stereocenters. The molecule has 0 N–H and O–H groups in total. The average Bonchev–Trinajstić information content (AvgIpc) is 3.54. The minimum Gasteiger partial charge on any atom is -0.337 e. The number of anilines is 2. The number of nitrogens with zero attached hydrogens (tertiary/aromatic N) is 5. The van der Waals surface area contributed by atoms with Crippen LogP contribution in [0.25, 0.3) is 16.3 Å². The van der Waals surface area contributed by atoms with E-state index in [-0.39, 0.29) is 22.5 Å². The lowest BCUT2D eigenvalue weighted by Gasteiger charge is -2.11. The van der Waals surface area contributed by atoms with Gasteiger partial charge >= 0.3 is 0 Å². The van der Waals surface area contributed by atoms with E-state index in [0.717, 1.165) is 20.6 Å². The van der Waals surface area contributed by atoms with Gasteiger partial charge in [0.05, 0.1) is 33.3 Å². The number of thioether (sulfide) groups is 1. The van der Waals surface area contributed by atoms with Crippen LogP contribution in [0.1, 0.15) is 6.92 Å². The molecule has 0 fully saturated rings. The van der Waals surface area contributed by atoms with Crippen LogP contribution in [0.2, 0.25) is 0 Å². The molecule has 2 aliphatic rings. The van der Waals surface area contributed by atoms with Crippen LogP contribution in [0.4, 0.5) is 17.1 Å². The second-order valence-corrected chi connectivity index (χ2v) is 10.6. The monoisotopic (exact) mass is 541 g/mol. The Morgan fingerprint density at radius 3 is 2.37 bits per heavy atom. The number of hydrogen-bond acceptors (Lipinski definition) is 8. The molecule has 0 bridgehead atoms. The van der Waals surface area contributed by atoms with Crippen LogP contribution in [-0.2, 0) is 4.79 Å². The number of non-ortho nitro benzene ring substituents is 1. The Kier molecular flexibility index (Phi) is 5.73. The first-order valence-electron chi connectivity index (χ1n) is 11.6. The largest absolute Gasteiger partial charge is 0.337 e. The first-order chi connectivity index (χ1) is 18.3. The summed E-state index contributed by atoms with van der Waals surface area (Å²) >= 11 is 2.76. The highest BCUT2D eigenvalue weighted by molar-refractivity contribution is 8.08. The molecular formula is C27H19N5O4S2. The van der Waals surface area contributed by atoms with Gasteiger partial charge in [-0.2, -0.15) is 10.1 Å². The molecule has 2 aliphatic heterocycles. The Balaban J connectivity index is 1.61. The van der Waals surface area contributed by atoms with Gasteiger partial charge in [-0.05, 0) is 37.3 Å². The van der Waals surface area contributed by atoms with E-state index in [0.29, 0.717) is 20.6 Å². The topological polar surface area (TPSA) is 101 Å². The van der Waals surface area contributed by atoms with E-state index in [2.05, 4.69) is 5.10 Å². The summed E-state index contributed by atoms with van der Waals surface area (Å²) < 4.78 is 2.51.